The molecule has 0 saturated carbocycles. The van der Waals surface area contributed by atoms with Crippen molar-refractivity contribution >= 4 is 23.5 Å². The third kappa shape index (κ3) is 4.46. The molecule has 1 aliphatic heterocycles. The molecule has 0 bridgehead atoms. The van der Waals surface area contributed by atoms with Gasteiger partial charge < -0.3 is 14.5 Å². The highest BCUT2D eigenvalue weighted by atomic mass is 35.5. The van der Waals surface area contributed by atoms with Crippen LogP contribution in [-0.4, -0.2) is 53.2 Å². The Labute approximate surface area is 130 Å². The summed E-state index contributed by atoms with van der Waals surface area (Å²) in [5, 5.41) is 0.239. The number of hydrogen-bond acceptors (Lipinski definition) is 5. The highest BCUT2D eigenvalue weighted by Gasteiger charge is 2.34. The number of rotatable bonds is 3. The van der Waals surface area contributed by atoms with E-state index in [-0.39, 0.29) is 11.4 Å². The van der Waals surface area contributed by atoms with Crippen LogP contribution >= 0.6 is 11.6 Å². The minimum atomic E-state index is -0.448. The molecule has 2 heterocycles. The summed E-state index contributed by atoms with van der Waals surface area (Å²) in [6, 6.07) is 1.82. The number of aromatic nitrogens is 2. The largest absolute Gasteiger partial charge is 0.444 e. The molecule has 0 spiro atoms. The average Bonchev–Trinajstić information content (AvgIpc) is 2.30. The molecule has 0 atom stereocenters. The van der Waals surface area contributed by atoms with Crippen LogP contribution in [0.5, 0.6) is 0 Å². The van der Waals surface area contributed by atoms with E-state index < -0.39 is 5.60 Å². The van der Waals surface area contributed by atoms with Crippen LogP contribution in [0.2, 0.25) is 5.28 Å². The van der Waals surface area contributed by atoms with E-state index in [0.717, 1.165) is 12.4 Å². The van der Waals surface area contributed by atoms with E-state index >= 15 is 0 Å². The zero-order chi connectivity index (χ0) is 15.6. The summed E-state index contributed by atoms with van der Waals surface area (Å²) in [4.78, 5) is 23.6. The quantitative estimate of drug-likeness (QED) is 0.802. The number of hydrogen-bond donors (Lipinski definition) is 0. The van der Waals surface area contributed by atoms with Gasteiger partial charge in [-0.25, -0.2) is 14.8 Å². The predicted octanol–water partition coefficient (Wildman–Crippen LogP) is 2.43. The van der Waals surface area contributed by atoms with E-state index in [4.69, 9.17) is 16.3 Å². The summed E-state index contributed by atoms with van der Waals surface area (Å²) in [6.45, 7) is 7.83. The lowest BCUT2D eigenvalue weighted by Gasteiger charge is -2.41. The molecule has 1 amide bonds. The summed E-state index contributed by atoms with van der Waals surface area (Å²) >= 11 is 5.78. The van der Waals surface area contributed by atoms with E-state index in [0.29, 0.717) is 19.0 Å². The van der Waals surface area contributed by atoms with Crippen LogP contribution < -0.4 is 4.90 Å². The second-order valence-electron chi connectivity index (χ2n) is 6.32. The van der Waals surface area contributed by atoms with E-state index in [9.17, 15) is 4.79 Å². The zero-order valence-corrected chi connectivity index (χ0v) is 13.6. The smallest absolute Gasteiger partial charge is 0.410 e. The number of carbonyl (C=O) groups excluding carboxylic acids is 1. The van der Waals surface area contributed by atoms with Crippen LogP contribution in [-0.2, 0) is 4.74 Å². The number of halogens is 1. The molecular formula is C14H21ClN4O2. The molecule has 0 unspecified atom stereocenters. The topological polar surface area (TPSA) is 58.6 Å². The molecule has 116 valence electrons. The van der Waals surface area contributed by atoms with E-state index in [1.54, 1.807) is 11.1 Å². The molecule has 0 N–H and O–H groups in total. The molecule has 1 aromatic rings. The number of ether oxygens (including phenoxy) is 1. The Kier molecular flexibility index (Phi) is 4.56. The van der Waals surface area contributed by atoms with Gasteiger partial charge >= 0.3 is 6.09 Å². The maximum atomic E-state index is 11.8. The van der Waals surface area contributed by atoms with Gasteiger partial charge in [0, 0.05) is 38.8 Å². The Bertz CT molecular complexity index is 512. The Morgan fingerprint density at radius 1 is 1.52 bits per heavy atom. The molecule has 21 heavy (non-hydrogen) atoms. The maximum Gasteiger partial charge on any atom is 0.410 e. The van der Waals surface area contributed by atoms with Crippen LogP contribution in [0.3, 0.4) is 0 Å². The number of nitrogens with zero attached hydrogens (tertiary/aromatic N) is 4. The SMILES string of the molecule is CN(CC1CN(C(=O)OC(C)(C)C)C1)c1ccnc(Cl)n1. The van der Waals surface area contributed by atoms with Crippen LogP contribution in [0, 0.1) is 5.92 Å². The van der Waals surface area contributed by atoms with Crippen molar-refractivity contribution < 1.29 is 9.53 Å². The van der Waals surface area contributed by atoms with Crippen LogP contribution in [0.25, 0.3) is 0 Å². The van der Waals surface area contributed by atoms with Gasteiger partial charge in [-0.15, -0.1) is 0 Å². The first-order valence-electron chi connectivity index (χ1n) is 6.92. The van der Waals surface area contributed by atoms with Gasteiger partial charge in [0.2, 0.25) is 5.28 Å². The first-order chi connectivity index (χ1) is 9.74. The lowest BCUT2D eigenvalue weighted by molar-refractivity contribution is 0.000179. The van der Waals surface area contributed by atoms with Crippen molar-refractivity contribution in [3.63, 3.8) is 0 Å². The third-order valence-electron chi connectivity index (χ3n) is 3.14. The number of carbonyl (C=O) groups is 1. The number of anilines is 1. The van der Waals surface area contributed by atoms with Crippen molar-refractivity contribution in [2.45, 2.75) is 26.4 Å². The van der Waals surface area contributed by atoms with Crippen molar-refractivity contribution in [2.75, 3.05) is 31.6 Å². The third-order valence-corrected chi connectivity index (χ3v) is 3.33. The Balaban J connectivity index is 1.79. The lowest BCUT2D eigenvalue weighted by atomic mass is 10.0. The molecule has 1 fully saturated rings. The summed E-state index contributed by atoms with van der Waals surface area (Å²) < 4.78 is 5.33. The maximum absolute atomic E-state index is 11.8. The van der Waals surface area contributed by atoms with Gasteiger partial charge in [-0.1, -0.05) is 0 Å². The summed E-state index contributed by atoms with van der Waals surface area (Å²) in [5.74, 6) is 1.20. The molecule has 1 aliphatic rings. The fourth-order valence-electron chi connectivity index (χ4n) is 2.18. The van der Waals surface area contributed by atoms with Gasteiger partial charge in [-0.2, -0.15) is 0 Å². The van der Waals surface area contributed by atoms with Crippen molar-refractivity contribution in [3.8, 4) is 0 Å². The standard InChI is InChI=1S/C14H21ClN4O2/c1-14(2,3)21-13(20)19-8-10(9-19)7-18(4)11-5-6-16-12(15)17-11/h5-6,10H,7-9H2,1-4H3. The van der Waals surface area contributed by atoms with Crippen LogP contribution in [0.1, 0.15) is 20.8 Å². The van der Waals surface area contributed by atoms with Gasteiger partial charge in [0.15, 0.2) is 0 Å². The van der Waals surface area contributed by atoms with Gasteiger partial charge in [-0.3, -0.25) is 0 Å². The van der Waals surface area contributed by atoms with Crippen molar-refractivity contribution in [1.82, 2.24) is 14.9 Å². The summed E-state index contributed by atoms with van der Waals surface area (Å²) in [7, 11) is 1.95. The second kappa shape index (κ2) is 6.05. The molecule has 7 heteroatoms. The summed E-state index contributed by atoms with van der Waals surface area (Å²) in [6.07, 6.45) is 1.39. The number of likely N-dealkylation sites (tertiary alicyclic amines) is 1. The molecule has 1 saturated heterocycles. The average molecular weight is 313 g/mol. The van der Waals surface area contributed by atoms with E-state index in [1.807, 2.05) is 38.8 Å². The van der Waals surface area contributed by atoms with Gasteiger partial charge in [-0.05, 0) is 38.4 Å². The fraction of sp³-hybridized carbons (Fsp3) is 0.643. The molecule has 0 aliphatic carbocycles. The monoisotopic (exact) mass is 312 g/mol. The molecule has 6 nitrogen and oxygen atoms in total. The zero-order valence-electron chi connectivity index (χ0n) is 12.8. The molecule has 2 rings (SSSR count). The van der Waals surface area contributed by atoms with Crippen LogP contribution in [0.15, 0.2) is 12.3 Å². The van der Waals surface area contributed by atoms with Gasteiger partial charge in [0.1, 0.15) is 11.4 Å². The molecule has 0 radical (unpaired) electrons. The Hall–Kier alpha value is -1.56. The molecule has 0 aromatic carbocycles. The van der Waals surface area contributed by atoms with Gasteiger partial charge in [0.05, 0.1) is 0 Å². The fourth-order valence-corrected chi connectivity index (χ4v) is 2.32. The van der Waals surface area contributed by atoms with E-state index in [1.165, 1.54) is 0 Å². The first kappa shape index (κ1) is 15.8. The number of amides is 1. The highest BCUT2D eigenvalue weighted by Crippen LogP contribution is 2.21. The lowest BCUT2D eigenvalue weighted by Crippen LogP contribution is -2.54. The van der Waals surface area contributed by atoms with Gasteiger partial charge in [0.25, 0.3) is 0 Å². The predicted molar refractivity (Wildman–Crippen MR) is 81.6 cm³/mol. The minimum Gasteiger partial charge on any atom is -0.444 e. The van der Waals surface area contributed by atoms with Crippen molar-refractivity contribution in [3.05, 3.63) is 17.5 Å². The van der Waals surface area contributed by atoms with E-state index in [2.05, 4.69) is 9.97 Å². The normalized spacial score (nSPS) is 15.6. The van der Waals surface area contributed by atoms with Crippen molar-refractivity contribution in [1.29, 1.82) is 0 Å². The van der Waals surface area contributed by atoms with Crippen LogP contribution in [0.4, 0.5) is 10.6 Å². The first-order valence-corrected chi connectivity index (χ1v) is 7.30. The second-order valence-corrected chi connectivity index (χ2v) is 6.65. The Morgan fingerprint density at radius 2 is 2.19 bits per heavy atom. The molecule has 1 aromatic heterocycles. The minimum absolute atomic E-state index is 0.239. The highest BCUT2D eigenvalue weighted by molar-refractivity contribution is 6.28. The molecular weight excluding hydrogens is 292 g/mol. The van der Waals surface area contributed by atoms with Crippen molar-refractivity contribution in [2.24, 2.45) is 5.92 Å². The summed E-state index contributed by atoms with van der Waals surface area (Å²) in [5.41, 5.74) is -0.448. The Morgan fingerprint density at radius 3 is 2.76 bits per heavy atom.